The second kappa shape index (κ2) is 17.1. The fourth-order valence-electron chi connectivity index (χ4n) is 7.30. The third-order valence-electron chi connectivity index (χ3n) is 10.2. The number of amidine groups is 1. The molecule has 4 amide bonds. The number of guanidine groups is 1. The molecule has 0 aromatic heterocycles. The van der Waals surface area contributed by atoms with E-state index in [0.717, 1.165) is 122 Å². The number of carbonyl (C=O) groups excluding carboxylic acids is 3. The maximum atomic E-state index is 10.9. The molecule has 0 spiro atoms. The van der Waals surface area contributed by atoms with E-state index in [1.54, 1.807) is 38.0 Å². The van der Waals surface area contributed by atoms with Crippen LogP contribution in [0.1, 0.15) is 51.4 Å². The van der Waals surface area contributed by atoms with Crippen molar-refractivity contribution >= 4 is 36.2 Å². The van der Waals surface area contributed by atoms with Crippen molar-refractivity contribution < 1.29 is 53.1 Å². The van der Waals surface area contributed by atoms with Crippen LogP contribution in [0.3, 0.4) is 0 Å². The zero-order chi connectivity index (χ0) is 34.8. The van der Waals surface area contributed by atoms with E-state index in [9.17, 15) is 34.5 Å². The van der Waals surface area contributed by atoms with Crippen LogP contribution in [-0.4, -0.2) is 181 Å². The number of piperidine rings is 3. The van der Waals surface area contributed by atoms with Gasteiger partial charge >= 0.3 is 6.09 Å². The van der Waals surface area contributed by atoms with Crippen LogP contribution in [0.5, 0.6) is 0 Å². The number of carboxylic acid groups (broad SMARTS) is 4. The highest BCUT2D eigenvalue weighted by Crippen LogP contribution is 2.33. The summed E-state index contributed by atoms with van der Waals surface area (Å²) in [5.41, 5.74) is 0. The molecule has 266 valence electrons. The lowest BCUT2D eigenvalue weighted by Gasteiger charge is -2.49. The first-order chi connectivity index (χ1) is 22.2. The van der Waals surface area contributed by atoms with Gasteiger partial charge in [0, 0.05) is 79.9 Å². The fraction of sp³-hybridized carbons (Fsp3) is 0.806. The van der Waals surface area contributed by atoms with Crippen molar-refractivity contribution in [3.8, 4) is 0 Å². The lowest BCUT2D eigenvalue weighted by molar-refractivity contribution is -0.891. The molecule has 47 heavy (non-hydrogen) atoms. The molecule has 0 unspecified atom stereocenters. The van der Waals surface area contributed by atoms with E-state index < -0.39 is 24.4 Å². The zero-order valence-electron chi connectivity index (χ0n) is 28.6. The molecule has 6 saturated heterocycles. The Morgan fingerprint density at radius 1 is 0.745 bits per heavy atom. The van der Waals surface area contributed by atoms with E-state index in [1.807, 2.05) is 0 Å². The minimum absolute atomic E-state index is 0.205. The summed E-state index contributed by atoms with van der Waals surface area (Å²) in [4.78, 5) is 53.0. The molecule has 0 saturated carbocycles. The number of nitrogens with zero attached hydrogens (tertiary/aromatic N) is 8. The Balaban J connectivity index is 0.000000171. The first-order valence-corrected chi connectivity index (χ1v) is 16.8. The molecule has 8 aliphatic rings. The van der Waals surface area contributed by atoms with Gasteiger partial charge in [-0.3, -0.25) is 18.4 Å². The van der Waals surface area contributed by atoms with Crippen LogP contribution < -0.4 is 15.3 Å². The summed E-state index contributed by atoms with van der Waals surface area (Å²) in [6.45, 7) is 10.1. The highest BCUT2D eigenvalue weighted by atomic mass is 16.4. The number of piperazine rings is 3. The van der Waals surface area contributed by atoms with Gasteiger partial charge in [0.2, 0.25) is 12.1 Å². The molecule has 0 atom stereocenters. The minimum atomic E-state index is -1.18. The first-order valence-electron chi connectivity index (χ1n) is 16.8. The zero-order valence-corrected chi connectivity index (χ0v) is 28.6. The Morgan fingerprint density at radius 3 is 1.62 bits per heavy atom. The number of fused-ring (bicyclic) bond motifs is 6. The topological polar surface area (TPSA) is 186 Å². The second-order valence-corrected chi connectivity index (χ2v) is 13.7. The average molecular weight is 667 g/mol. The van der Waals surface area contributed by atoms with Crippen LogP contribution in [0, 0.1) is 5.92 Å². The highest BCUT2D eigenvalue weighted by molar-refractivity contribution is 5.91. The minimum Gasteiger partial charge on any atom is -0.511 e. The van der Waals surface area contributed by atoms with Crippen LogP contribution in [0.4, 0.5) is 19.2 Å². The number of carbonyl (C=O) groups is 4. The van der Waals surface area contributed by atoms with Gasteiger partial charge < -0.3 is 44.6 Å². The van der Waals surface area contributed by atoms with Crippen LogP contribution >= 0.6 is 0 Å². The van der Waals surface area contributed by atoms with Crippen molar-refractivity contribution in [2.75, 3.05) is 107 Å². The predicted octanol–water partition coefficient (Wildman–Crippen LogP) is -1.40. The van der Waals surface area contributed by atoms with Gasteiger partial charge in [0.25, 0.3) is 18.0 Å². The Bertz CT molecular complexity index is 1090. The number of hydrogen-bond acceptors (Lipinski definition) is 8. The van der Waals surface area contributed by atoms with Gasteiger partial charge in [0.05, 0.1) is 58.9 Å². The number of rotatable bonds is 0. The van der Waals surface area contributed by atoms with Crippen LogP contribution in [0.25, 0.3) is 0 Å². The van der Waals surface area contributed by atoms with Gasteiger partial charge in [-0.1, -0.05) is 0 Å². The summed E-state index contributed by atoms with van der Waals surface area (Å²) in [6, 6.07) is 0. The average Bonchev–Trinajstić information content (AvgIpc) is 3.32. The van der Waals surface area contributed by atoms with Crippen molar-refractivity contribution in [1.29, 1.82) is 0 Å². The van der Waals surface area contributed by atoms with Crippen molar-refractivity contribution in [2.45, 2.75) is 51.4 Å². The molecule has 0 radical (unpaired) electrons. The molecule has 8 aliphatic heterocycles. The van der Waals surface area contributed by atoms with Crippen molar-refractivity contribution in [3.05, 3.63) is 0 Å². The monoisotopic (exact) mass is 666 g/mol. The first kappa shape index (κ1) is 38.0. The number of aliphatic imine (C=N–C) groups is 1. The maximum Gasteiger partial charge on any atom is 0.434 e. The number of hydrogen-bond donors (Lipinski definition) is 1. The molecule has 4 bridgehead atoms. The van der Waals surface area contributed by atoms with E-state index >= 15 is 0 Å². The third kappa shape index (κ3) is 10.2. The molecule has 16 heteroatoms. The van der Waals surface area contributed by atoms with Gasteiger partial charge in [-0.25, -0.2) is 9.69 Å². The van der Waals surface area contributed by atoms with E-state index in [2.05, 4.69) is 14.5 Å². The molecule has 6 fully saturated rings. The van der Waals surface area contributed by atoms with Crippen LogP contribution in [-0.2, 0) is 0 Å². The largest absolute Gasteiger partial charge is 0.511 e. The molecular formula is C31H54N8O8. The predicted molar refractivity (Wildman–Crippen MR) is 167 cm³/mol. The molecule has 1 N–H and O–H groups in total. The van der Waals surface area contributed by atoms with Gasteiger partial charge in [0.1, 0.15) is 0 Å². The Hall–Kier alpha value is -3.50. The molecule has 8 heterocycles. The second-order valence-electron chi connectivity index (χ2n) is 13.7. The van der Waals surface area contributed by atoms with Crippen LogP contribution in [0.2, 0.25) is 0 Å². The summed E-state index contributed by atoms with van der Waals surface area (Å²) < 4.78 is 2.67. The van der Waals surface area contributed by atoms with E-state index in [4.69, 9.17) is 5.11 Å². The highest BCUT2D eigenvalue weighted by Gasteiger charge is 2.41. The SMILES string of the molecule is CN(C)C(=NC(=O)O)N(C)C.O=C([O-])N1CCC[N+]2=C1CCCCC2.O=C([O-])[N+]12CCC(CC1)CC2.O=C([O-])[N+]12CCN(CC1)CC2. The van der Waals surface area contributed by atoms with Gasteiger partial charge in [-0.05, 0) is 25.2 Å². The lowest BCUT2D eigenvalue weighted by atomic mass is 9.86. The quantitative estimate of drug-likeness (QED) is 0.139. The van der Waals surface area contributed by atoms with Gasteiger partial charge in [-0.15, -0.1) is 4.99 Å². The molecule has 16 nitrogen and oxygen atoms in total. The normalized spacial score (nSPS) is 28.7. The van der Waals surface area contributed by atoms with Crippen molar-refractivity contribution in [3.63, 3.8) is 0 Å². The summed E-state index contributed by atoms with van der Waals surface area (Å²) in [7, 11) is 6.95. The Labute approximate surface area is 277 Å². The molecule has 0 aliphatic carbocycles. The van der Waals surface area contributed by atoms with Gasteiger partial charge in [-0.2, -0.15) is 0 Å². The number of quaternary nitrogens is 2. The van der Waals surface area contributed by atoms with Crippen molar-refractivity contribution in [1.82, 2.24) is 19.6 Å². The summed E-state index contributed by atoms with van der Waals surface area (Å²) in [5.74, 6) is 2.21. The molecule has 8 rings (SSSR count). The Kier molecular flexibility index (Phi) is 13.8. The Morgan fingerprint density at radius 2 is 1.23 bits per heavy atom. The molecule has 0 aromatic carbocycles. The standard InChI is InChI=1S/C10H16N2O2.C8H13NO2.C7H12N2O2.C6H13N3O2/c13-10(14)12-8-4-7-11-6-3-1-2-5-9(11)12;10-8(11)9-4-1-7(2-5-9)3-6-9;10-7(11)9-4-1-8(2-5-9)3-6-9;1-8(2)5(9(3)4)7-6(10)11/h1-8H2;7H,1-6H2;1-6H2;1-4H3,(H,10,11). The van der Waals surface area contributed by atoms with Crippen molar-refractivity contribution in [2.24, 2.45) is 10.9 Å². The third-order valence-corrected chi connectivity index (χ3v) is 10.2. The smallest absolute Gasteiger partial charge is 0.434 e. The maximum absolute atomic E-state index is 10.9. The van der Waals surface area contributed by atoms with E-state index in [1.165, 1.54) is 17.7 Å². The fourth-order valence-corrected chi connectivity index (χ4v) is 7.30. The summed E-state index contributed by atoms with van der Waals surface area (Å²) >= 11 is 0. The molecular weight excluding hydrogens is 612 g/mol. The van der Waals surface area contributed by atoms with E-state index in [-0.39, 0.29) is 8.97 Å². The van der Waals surface area contributed by atoms with E-state index in [0.29, 0.717) is 12.5 Å². The summed E-state index contributed by atoms with van der Waals surface area (Å²) in [5, 5.41) is 40.8. The van der Waals surface area contributed by atoms with Gasteiger partial charge in [0.15, 0.2) is 0 Å². The lowest BCUT2D eigenvalue weighted by Crippen LogP contribution is -2.72. The van der Waals surface area contributed by atoms with Crippen LogP contribution in [0.15, 0.2) is 4.99 Å². The number of amides is 4. The molecule has 0 aromatic rings. The summed E-state index contributed by atoms with van der Waals surface area (Å²) in [6.07, 6.45) is 4.64.